The molecule has 1 N–H and O–H groups in total. The van der Waals surface area contributed by atoms with Gasteiger partial charge < -0.3 is 10.2 Å². The highest BCUT2D eigenvalue weighted by atomic mass is 35.5. The summed E-state index contributed by atoms with van der Waals surface area (Å²) in [5.41, 5.74) is 0.526. The maximum absolute atomic E-state index is 13.2. The number of nitrogens with zero attached hydrogens (tertiary/aromatic N) is 1. The van der Waals surface area contributed by atoms with Gasteiger partial charge in [-0.3, -0.25) is 9.59 Å². The second-order valence-corrected chi connectivity index (χ2v) is 5.91. The summed E-state index contributed by atoms with van der Waals surface area (Å²) in [7, 11) is 0. The van der Waals surface area contributed by atoms with Crippen LogP contribution in [0.4, 0.5) is 10.1 Å². The predicted molar refractivity (Wildman–Crippen MR) is 84.4 cm³/mol. The smallest absolute Gasteiger partial charge is 0.227 e. The fourth-order valence-corrected chi connectivity index (χ4v) is 2.69. The third-order valence-corrected chi connectivity index (χ3v) is 4.08. The number of carbonyl (C=O) groups excluding carboxylic acids is 2. The highest BCUT2D eigenvalue weighted by molar-refractivity contribution is 6.31. The van der Waals surface area contributed by atoms with Crippen molar-refractivity contribution in [3.8, 4) is 0 Å². The van der Waals surface area contributed by atoms with Crippen LogP contribution in [-0.2, 0) is 9.59 Å². The number of anilines is 1. The zero-order valence-corrected chi connectivity index (χ0v) is 13.3. The molecule has 0 aromatic heterocycles. The molecule has 2 amide bonds. The Morgan fingerprint density at radius 3 is 2.91 bits per heavy atom. The SMILES string of the molecule is CCCCCNC(=O)C1CC(=O)N(c2ccc(F)c(Cl)c2)C1. The van der Waals surface area contributed by atoms with Gasteiger partial charge in [0, 0.05) is 25.2 Å². The normalized spacial score (nSPS) is 17.9. The predicted octanol–water partition coefficient (Wildman–Crippen LogP) is 3.14. The first-order valence-electron chi connectivity index (χ1n) is 7.56. The highest BCUT2D eigenvalue weighted by Crippen LogP contribution is 2.28. The van der Waals surface area contributed by atoms with Crippen LogP contribution in [0.3, 0.4) is 0 Å². The summed E-state index contributed by atoms with van der Waals surface area (Å²) in [5, 5.41) is 2.84. The molecule has 0 spiro atoms. The van der Waals surface area contributed by atoms with E-state index in [-0.39, 0.29) is 29.2 Å². The molecule has 0 bridgehead atoms. The topological polar surface area (TPSA) is 49.4 Å². The molecule has 1 atom stereocenters. The average molecular weight is 327 g/mol. The van der Waals surface area contributed by atoms with Crippen molar-refractivity contribution in [2.24, 2.45) is 5.92 Å². The summed E-state index contributed by atoms with van der Waals surface area (Å²) in [4.78, 5) is 25.6. The van der Waals surface area contributed by atoms with Gasteiger partial charge in [0.15, 0.2) is 0 Å². The number of carbonyl (C=O) groups is 2. The van der Waals surface area contributed by atoms with Gasteiger partial charge in [-0.25, -0.2) is 4.39 Å². The molecule has 22 heavy (non-hydrogen) atoms. The molecule has 6 heteroatoms. The molecule has 1 aromatic carbocycles. The minimum atomic E-state index is -0.526. The van der Waals surface area contributed by atoms with Crippen molar-refractivity contribution in [1.29, 1.82) is 0 Å². The first-order valence-corrected chi connectivity index (χ1v) is 7.94. The summed E-state index contributed by atoms with van der Waals surface area (Å²) < 4.78 is 13.2. The minimum Gasteiger partial charge on any atom is -0.356 e. The number of unbranched alkanes of at least 4 members (excludes halogenated alkanes) is 2. The van der Waals surface area contributed by atoms with E-state index in [1.54, 1.807) is 0 Å². The second-order valence-electron chi connectivity index (χ2n) is 5.50. The first kappa shape index (κ1) is 16.7. The third-order valence-electron chi connectivity index (χ3n) is 3.79. The lowest BCUT2D eigenvalue weighted by Crippen LogP contribution is -2.33. The molecule has 2 rings (SSSR count). The van der Waals surface area contributed by atoms with Crippen molar-refractivity contribution in [3.63, 3.8) is 0 Å². The molecule has 1 heterocycles. The number of rotatable bonds is 6. The summed E-state index contributed by atoms with van der Waals surface area (Å²) in [6.07, 6.45) is 3.29. The Labute approximate surface area is 134 Å². The molecule has 0 aliphatic carbocycles. The van der Waals surface area contributed by atoms with E-state index >= 15 is 0 Å². The van der Waals surface area contributed by atoms with Crippen molar-refractivity contribution >= 4 is 29.1 Å². The number of hydrogen-bond acceptors (Lipinski definition) is 2. The summed E-state index contributed by atoms with van der Waals surface area (Å²) >= 11 is 5.74. The lowest BCUT2D eigenvalue weighted by molar-refractivity contribution is -0.126. The van der Waals surface area contributed by atoms with Crippen LogP contribution >= 0.6 is 11.6 Å². The number of nitrogens with one attached hydrogen (secondary N) is 1. The summed E-state index contributed by atoms with van der Waals surface area (Å²) in [5.74, 6) is -1.13. The van der Waals surface area contributed by atoms with Gasteiger partial charge in [-0.05, 0) is 24.6 Å². The number of benzene rings is 1. The molecule has 0 radical (unpaired) electrons. The number of halogens is 2. The molecule has 1 aliphatic heterocycles. The Kier molecular flexibility index (Phi) is 5.77. The van der Waals surface area contributed by atoms with Crippen molar-refractivity contribution in [2.75, 3.05) is 18.0 Å². The van der Waals surface area contributed by atoms with Crippen LogP contribution in [0, 0.1) is 11.7 Å². The largest absolute Gasteiger partial charge is 0.356 e. The van der Waals surface area contributed by atoms with Crippen molar-refractivity contribution < 1.29 is 14.0 Å². The lowest BCUT2D eigenvalue weighted by atomic mass is 10.1. The van der Waals surface area contributed by atoms with Gasteiger partial charge in [0.05, 0.1) is 10.9 Å². The van der Waals surface area contributed by atoms with E-state index in [1.165, 1.54) is 23.1 Å². The van der Waals surface area contributed by atoms with Gasteiger partial charge in [0.2, 0.25) is 11.8 Å². The van der Waals surface area contributed by atoms with Gasteiger partial charge in [-0.1, -0.05) is 31.4 Å². The van der Waals surface area contributed by atoms with Crippen LogP contribution in [0.5, 0.6) is 0 Å². The Hall–Kier alpha value is -1.62. The van der Waals surface area contributed by atoms with Gasteiger partial charge in [-0.15, -0.1) is 0 Å². The van der Waals surface area contributed by atoms with Gasteiger partial charge in [-0.2, -0.15) is 0 Å². The van der Waals surface area contributed by atoms with Crippen LogP contribution in [0.1, 0.15) is 32.6 Å². The third kappa shape index (κ3) is 3.97. The van der Waals surface area contributed by atoms with E-state index in [2.05, 4.69) is 12.2 Å². The van der Waals surface area contributed by atoms with Crippen LogP contribution in [0.25, 0.3) is 0 Å². The molecule has 1 fully saturated rings. The average Bonchev–Trinajstić information content (AvgIpc) is 2.88. The van der Waals surface area contributed by atoms with E-state index in [9.17, 15) is 14.0 Å². The van der Waals surface area contributed by atoms with Crippen LogP contribution in [0.2, 0.25) is 5.02 Å². The molecule has 4 nitrogen and oxygen atoms in total. The highest BCUT2D eigenvalue weighted by Gasteiger charge is 2.35. The van der Waals surface area contributed by atoms with E-state index in [4.69, 9.17) is 11.6 Å². The summed E-state index contributed by atoms with van der Waals surface area (Å²) in [6.45, 7) is 3.04. The molecular formula is C16H20ClFN2O2. The van der Waals surface area contributed by atoms with E-state index in [0.717, 1.165) is 19.3 Å². The number of hydrogen-bond donors (Lipinski definition) is 1. The van der Waals surface area contributed by atoms with Gasteiger partial charge in [0.1, 0.15) is 5.82 Å². The zero-order chi connectivity index (χ0) is 16.1. The Morgan fingerprint density at radius 2 is 2.23 bits per heavy atom. The maximum atomic E-state index is 13.2. The number of amides is 2. The van der Waals surface area contributed by atoms with Crippen molar-refractivity contribution in [1.82, 2.24) is 5.32 Å². The summed E-state index contributed by atoms with van der Waals surface area (Å²) in [6, 6.07) is 4.14. The molecule has 0 saturated carbocycles. The second kappa shape index (κ2) is 7.58. The van der Waals surface area contributed by atoms with Crippen molar-refractivity contribution in [3.05, 3.63) is 29.0 Å². The zero-order valence-electron chi connectivity index (χ0n) is 12.6. The molecule has 1 unspecified atom stereocenters. The lowest BCUT2D eigenvalue weighted by Gasteiger charge is -2.17. The first-order chi connectivity index (χ1) is 10.5. The van der Waals surface area contributed by atoms with Gasteiger partial charge in [0.25, 0.3) is 0 Å². The molecule has 120 valence electrons. The molecule has 1 aromatic rings. The molecule has 1 saturated heterocycles. The fourth-order valence-electron chi connectivity index (χ4n) is 2.52. The monoisotopic (exact) mass is 326 g/mol. The van der Waals surface area contributed by atoms with Crippen LogP contribution in [-0.4, -0.2) is 24.9 Å². The maximum Gasteiger partial charge on any atom is 0.227 e. The fraction of sp³-hybridized carbons (Fsp3) is 0.500. The van der Waals surface area contributed by atoms with Gasteiger partial charge >= 0.3 is 0 Å². The van der Waals surface area contributed by atoms with E-state index < -0.39 is 5.82 Å². The van der Waals surface area contributed by atoms with E-state index in [0.29, 0.717) is 18.8 Å². The van der Waals surface area contributed by atoms with Crippen LogP contribution in [0.15, 0.2) is 18.2 Å². The minimum absolute atomic E-state index is 0.0298. The van der Waals surface area contributed by atoms with E-state index in [1.807, 2.05) is 0 Å². The molecule has 1 aliphatic rings. The Bertz CT molecular complexity index is 565. The Balaban J connectivity index is 1.95. The Morgan fingerprint density at radius 1 is 1.45 bits per heavy atom. The standard InChI is InChI=1S/C16H20ClFN2O2/c1-2-3-4-7-19-16(22)11-8-15(21)20(10-11)12-5-6-14(18)13(17)9-12/h5-6,9,11H,2-4,7-8,10H2,1H3,(H,19,22). The quantitative estimate of drug-likeness (QED) is 0.816. The molecular weight excluding hydrogens is 307 g/mol. The van der Waals surface area contributed by atoms with Crippen molar-refractivity contribution in [2.45, 2.75) is 32.6 Å². The van der Waals surface area contributed by atoms with Crippen LogP contribution < -0.4 is 10.2 Å².